The topological polar surface area (TPSA) is 8.17 Å². The molecule has 0 unspecified atom stereocenters. The quantitative estimate of drug-likeness (QED) is 0.625. The molecular weight excluding hydrogens is 208 g/mol. The highest BCUT2D eigenvalue weighted by molar-refractivity contribution is 5.88. The second-order valence-electron chi connectivity index (χ2n) is 5.53. The summed E-state index contributed by atoms with van der Waals surface area (Å²) in [7, 11) is 8.35. The van der Waals surface area contributed by atoms with Crippen LogP contribution in [0.3, 0.4) is 0 Å². The van der Waals surface area contributed by atoms with Gasteiger partial charge in [0.1, 0.15) is 0 Å². The maximum atomic E-state index is 4.21. The Morgan fingerprint density at radius 1 is 1.12 bits per heavy atom. The Morgan fingerprint density at radius 2 is 1.88 bits per heavy atom. The van der Waals surface area contributed by atoms with Gasteiger partial charge in [0.2, 0.25) is 0 Å². The number of para-hydroxylation sites is 1. The number of aromatic nitrogens is 1. The van der Waals surface area contributed by atoms with Crippen LogP contribution < -0.4 is 0 Å². The molecule has 0 saturated heterocycles. The van der Waals surface area contributed by atoms with Crippen molar-refractivity contribution in [3.8, 4) is 0 Å². The summed E-state index contributed by atoms with van der Waals surface area (Å²) < 4.78 is 2.11. The molecular formula is C15H16N2-2. The third-order valence-electron chi connectivity index (χ3n) is 4.36. The van der Waals surface area contributed by atoms with Gasteiger partial charge in [0.25, 0.3) is 0 Å². The molecule has 1 spiro atoms. The predicted octanol–water partition coefficient (Wildman–Crippen LogP) is 2.92. The van der Waals surface area contributed by atoms with E-state index in [2.05, 4.69) is 47.8 Å². The Bertz CT molecular complexity index is 605. The minimum Gasteiger partial charge on any atom is -0.483 e. The fourth-order valence-corrected chi connectivity index (χ4v) is 3.45. The van der Waals surface area contributed by atoms with Gasteiger partial charge in [0, 0.05) is 0 Å². The van der Waals surface area contributed by atoms with E-state index in [4.69, 9.17) is 0 Å². The summed E-state index contributed by atoms with van der Waals surface area (Å²) in [5, 5.41) is 1.41. The molecule has 1 saturated carbocycles. The van der Waals surface area contributed by atoms with Crippen LogP contribution in [0.5, 0.6) is 0 Å². The first-order chi connectivity index (χ1) is 8.21. The van der Waals surface area contributed by atoms with E-state index < -0.39 is 0 Å². The molecule has 2 aliphatic rings. The average Bonchev–Trinajstić information content (AvgIpc) is 3.01. The molecule has 0 radical (unpaired) electrons. The van der Waals surface area contributed by atoms with Crippen LogP contribution >= 0.6 is 0 Å². The number of fused-ring (bicyclic) bond motifs is 4. The number of hydrogen-bond donors (Lipinski definition) is 0. The summed E-state index contributed by atoms with van der Waals surface area (Å²) in [4.78, 5) is 2.19. The van der Waals surface area contributed by atoms with Crippen molar-refractivity contribution in [2.75, 3.05) is 6.54 Å². The maximum absolute atomic E-state index is 4.21. The molecule has 0 bridgehead atoms. The van der Waals surface area contributed by atoms with Gasteiger partial charge in [-0.2, -0.15) is 0 Å². The largest absolute Gasteiger partial charge is 0.483 e. The second-order valence-corrected chi connectivity index (χ2v) is 5.53. The van der Waals surface area contributed by atoms with Gasteiger partial charge in [-0.25, -0.2) is 0 Å². The zero-order valence-electron chi connectivity index (χ0n) is 9.95. The average molecular weight is 224 g/mol. The number of benzene rings is 1. The van der Waals surface area contributed by atoms with E-state index in [-0.39, 0.29) is 0 Å². The lowest BCUT2D eigenvalue weighted by Gasteiger charge is -2.40. The van der Waals surface area contributed by atoms with E-state index in [1.807, 2.05) is 0 Å². The smallest absolute Gasteiger partial charge is 0.00436 e. The van der Waals surface area contributed by atoms with E-state index in [0.717, 1.165) is 13.1 Å². The monoisotopic (exact) mass is 224 g/mol. The van der Waals surface area contributed by atoms with E-state index >= 15 is 0 Å². The second kappa shape index (κ2) is 2.88. The first-order valence-electron chi connectivity index (χ1n) is 6.20. The molecule has 0 atom stereocenters. The van der Waals surface area contributed by atoms with E-state index in [0.29, 0.717) is 5.41 Å². The van der Waals surface area contributed by atoms with Crippen LogP contribution in [-0.2, 0) is 12.0 Å². The van der Waals surface area contributed by atoms with Crippen LogP contribution in [0.4, 0.5) is 0 Å². The lowest BCUT2D eigenvalue weighted by atomic mass is 9.89. The molecule has 1 fully saturated rings. The van der Waals surface area contributed by atoms with Crippen molar-refractivity contribution in [3.63, 3.8) is 0 Å². The summed E-state index contributed by atoms with van der Waals surface area (Å²) in [6.07, 6.45) is 2.61. The molecule has 2 heteroatoms. The van der Waals surface area contributed by atoms with Crippen LogP contribution in [0, 0.1) is 14.1 Å². The van der Waals surface area contributed by atoms with Gasteiger partial charge in [-0.1, -0.05) is 46.4 Å². The van der Waals surface area contributed by atoms with Crippen molar-refractivity contribution in [2.24, 2.45) is 0 Å². The van der Waals surface area contributed by atoms with Crippen molar-refractivity contribution in [3.05, 3.63) is 49.6 Å². The Morgan fingerprint density at radius 3 is 2.65 bits per heavy atom. The maximum Gasteiger partial charge on any atom is -0.00436 e. The van der Waals surface area contributed by atoms with Crippen LogP contribution in [-0.4, -0.2) is 16.0 Å². The van der Waals surface area contributed by atoms with Gasteiger partial charge < -0.3 is 9.47 Å². The minimum absolute atomic E-state index is 0.387. The molecule has 1 aliphatic carbocycles. The normalized spacial score (nSPS) is 21.9. The SMILES string of the molecule is [CH2-]N1Cc2c(c3ccccc3n2[CH2-])C2(CC2)C1. The fourth-order valence-electron chi connectivity index (χ4n) is 3.45. The minimum atomic E-state index is 0.387. The van der Waals surface area contributed by atoms with Crippen LogP contribution in [0.1, 0.15) is 24.1 Å². The number of nitrogens with zero attached hydrogens (tertiary/aromatic N) is 2. The molecule has 1 aliphatic heterocycles. The van der Waals surface area contributed by atoms with E-state index in [1.54, 1.807) is 5.56 Å². The highest BCUT2D eigenvalue weighted by atomic mass is 15.2. The van der Waals surface area contributed by atoms with Crippen LogP contribution in [0.15, 0.2) is 24.3 Å². The predicted molar refractivity (Wildman–Crippen MR) is 69.4 cm³/mol. The highest BCUT2D eigenvalue weighted by Crippen LogP contribution is 2.55. The van der Waals surface area contributed by atoms with Crippen molar-refractivity contribution in [1.82, 2.24) is 9.47 Å². The third-order valence-corrected chi connectivity index (χ3v) is 4.36. The fraction of sp³-hybridized carbons (Fsp3) is 0.333. The first-order valence-corrected chi connectivity index (χ1v) is 6.20. The lowest BCUT2D eigenvalue weighted by molar-refractivity contribution is 0.295. The first kappa shape index (κ1) is 9.60. The van der Waals surface area contributed by atoms with Gasteiger partial charge in [-0.3, -0.25) is 7.05 Å². The molecule has 0 amide bonds. The standard InChI is InChI=1S/C15H16N2/c1-16-9-13-14(15(10-16)7-8-15)11-5-3-4-6-12(11)17(13)2/h3-6H,1-2,7-10H2/q-2. The van der Waals surface area contributed by atoms with Gasteiger partial charge >= 0.3 is 0 Å². The summed E-state index contributed by atoms with van der Waals surface area (Å²) in [6, 6.07) is 8.64. The summed E-state index contributed by atoms with van der Waals surface area (Å²) in [5.41, 5.74) is 4.57. The Balaban J connectivity index is 2.10. The Kier molecular flexibility index (Phi) is 1.63. The molecule has 1 aromatic carbocycles. The zero-order valence-corrected chi connectivity index (χ0v) is 9.95. The molecule has 4 rings (SSSR count). The van der Waals surface area contributed by atoms with Gasteiger partial charge in [0.15, 0.2) is 0 Å². The molecule has 0 N–H and O–H groups in total. The zero-order chi connectivity index (χ0) is 11.6. The molecule has 1 aromatic heterocycles. The van der Waals surface area contributed by atoms with Crippen LogP contribution in [0.2, 0.25) is 0 Å². The van der Waals surface area contributed by atoms with Crippen LogP contribution in [0.25, 0.3) is 10.9 Å². The summed E-state index contributed by atoms with van der Waals surface area (Å²) in [6.45, 7) is 2.03. The van der Waals surface area contributed by atoms with Crippen molar-refractivity contribution < 1.29 is 0 Å². The molecule has 2 nitrogen and oxygen atoms in total. The third kappa shape index (κ3) is 1.11. The summed E-state index contributed by atoms with van der Waals surface area (Å²) >= 11 is 0. The highest BCUT2D eigenvalue weighted by Gasteiger charge is 2.46. The molecule has 88 valence electrons. The van der Waals surface area contributed by atoms with Crippen molar-refractivity contribution in [1.29, 1.82) is 0 Å². The lowest BCUT2D eigenvalue weighted by Crippen LogP contribution is -2.34. The van der Waals surface area contributed by atoms with Crippen molar-refractivity contribution in [2.45, 2.75) is 24.8 Å². The molecule has 2 aromatic rings. The number of hydrogen-bond acceptors (Lipinski definition) is 1. The Hall–Kier alpha value is -1.41. The van der Waals surface area contributed by atoms with Gasteiger partial charge in [-0.15, -0.1) is 7.05 Å². The van der Waals surface area contributed by atoms with Gasteiger partial charge in [-0.05, 0) is 31.3 Å². The van der Waals surface area contributed by atoms with E-state index in [1.165, 1.54) is 29.4 Å². The van der Waals surface area contributed by atoms with Crippen molar-refractivity contribution >= 4 is 10.9 Å². The molecule has 2 heterocycles. The van der Waals surface area contributed by atoms with E-state index in [9.17, 15) is 0 Å². The summed E-state index contributed by atoms with van der Waals surface area (Å²) in [5.74, 6) is 0. The number of rotatable bonds is 0. The van der Waals surface area contributed by atoms with Gasteiger partial charge in [0.05, 0.1) is 0 Å². The molecule has 17 heavy (non-hydrogen) atoms. The Labute approximate surface area is 102 Å².